The van der Waals surface area contributed by atoms with Crippen molar-refractivity contribution in [2.24, 2.45) is 0 Å². The van der Waals surface area contributed by atoms with E-state index in [2.05, 4.69) is 0 Å². The Morgan fingerprint density at radius 2 is 1.84 bits per heavy atom. The van der Waals surface area contributed by atoms with E-state index in [9.17, 15) is 0 Å². The predicted molar refractivity (Wildman–Crippen MR) is 69.9 cm³/mol. The van der Waals surface area contributed by atoms with Gasteiger partial charge in [-0.25, -0.2) is 0 Å². The molecule has 0 N–H and O–H groups in total. The first-order valence-electron chi connectivity index (χ1n) is 6.21. The zero-order valence-corrected chi connectivity index (χ0v) is 11.8. The third-order valence-electron chi connectivity index (χ3n) is 2.86. The quantitative estimate of drug-likeness (QED) is 0.819. The molecule has 1 aliphatic heterocycles. The van der Waals surface area contributed by atoms with E-state index in [-0.39, 0.29) is 6.10 Å². The van der Waals surface area contributed by atoms with Gasteiger partial charge in [-0.3, -0.25) is 0 Å². The van der Waals surface area contributed by atoms with Gasteiger partial charge in [0.1, 0.15) is 12.7 Å². The molecule has 0 aromatic heterocycles. The second-order valence-corrected chi connectivity index (χ2v) is 4.75. The molecule has 106 valence electrons. The lowest BCUT2D eigenvalue weighted by Crippen LogP contribution is -2.25. The van der Waals surface area contributed by atoms with Crippen LogP contribution in [0.4, 0.5) is 0 Å². The maximum Gasteiger partial charge on any atom is 0.203 e. The molecule has 19 heavy (non-hydrogen) atoms. The van der Waals surface area contributed by atoms with Gasteiger partial charge in [-0.2, -0.15) is 0 Å². The largest absolute Gasteiger partial charge is 0.493 e. The minimum atomic E-state index is -0.543. The molecule has 1 heterocycles. The van der Waals surface area contributed by atoms with Gasteiger partial charge >= 0.3 is 0 Å². The van der Waals surface area contributed by atoms with Gasteiger partial charge in [-0.05, 0) is 26.0 Å². The van der Waals surface area contributed by atoms with E-state index < -0.39 is 5.79 Å². The standard InChI is InChI=1S/C14H20O5/c1-14(2)18-9-10(19-14)8-17-13-11(15-3)6-5-7-12(13)16-4/h5-7,10H,8-9H2,1-4H3/t10-/m1/s1. The van der Waals surface area contributed by atoms with Crippen LogP contribution in [-0.2, 0) is 9.47 Å². The van der Waals surface area contributed by atoms with Crippen molar-refractivity contribution in [2.75, 3.05) is 27.4 Å². The SMILES string of the molecule is COc1cccc(OC)c1OC[C@@H]1COC(C)(C)O1. The summed E-state index contributed by atoms with van der Waals surface area (Å²) in [7, 11) is 3.19. The van der Waals surface area contributed by atoms with Crippen molar-refractivity contribution in [3.8, 4) is 17.2 Å². The first-order valence-corrected chi connectivity index (χ1v) is 6.21. The molecule has 0 bridgehead atoms. The molecule has 2 rings (SSSR count). The number of hydrogen-bond donors (Lipinski definition) is 0. The molecule has 0 saturated carbocycles. The Morgan fingerprint density at radius 1 is 1.21 bits per heavy atom. The van der Waals surface area contributed by atoms with E-state index in [4.69, 9.17) is 23.7 Å². The van der Waals surface area contributed by atoms with Crippen molar-refractivity contribution in [2.45, 2.75) is 25.7 Å². The van der Waals surface area contributed by atoms with Crippen LogP contribution in [0.5, 0.6) is 17.2 Å². The smallest absolute Gasteiger partial charge is 0.203 e. The fraction of sp³-hybridized carbons (Fsp3) is 0.571. The van der Waals surface area contributed by atoms with Crippen molar-refractivity contribution >= 4 is 0 Å². The Hall–Kier alpha value is -1.46. The molecule has 0 unspecified atom stereocenters. The lowest BCUT2D eigenvalue weighted by atomic mass is 10.3. The number of hydrogen-bond acceptors (Lipinski definition) is 5. The maximum atomic E-state index is 5.77. The van der Waals surface area contributed by atoms with Crippen molar-refractivity contribution < 1.29 is 23.7 Å². The number of benzene rings is 1. The lowest BCUT2D eigenvalue weighted by Gasteiger charge is -2.18. The van der Waals surface area contributed by atoms with Gasteiger partial charge in [0.2, 0.25) is 5.75 Å². The van der Waals surface area contributed by atoms with Crippen molar-refractivity contribution in [1.29, 1.82) is 0 Å². The summed E-state index contributed by atoms with van der Waals surface area (Å²) in [6.07, 6.45) is -0.0929. The van der Waals surface area contributed by atoms with Crippen LogP contribution < -0.4 is 14.2 Å². The van der Waals surface area contributed by atoms with Crippen LogP contribution in [0.1, 0.15) is 13.8 Å². The third kappa shape index (κ3) is 3.30. The summed E-state index contributed by atoms with van der Waals surface area (Å²) in [6.45, 7) is 4.68. The average Bonchev–Trinajstić information content (AvgIpc) is 2.75. The van der Waals surface area contributed by atoms with E-state index in [1.165, 1.54) is 0 Å². The topological polar surface area (TPSA) is 46.2 Å². The Balaban J connectivity index is 2.03. The first-order chi connectivity index (χ1) is 9.05. The predicted octanol–water partition coefficient (Wildman–Crippen LogP) is 2.23. The molecule has 1 aliphatic rings. The molecule has 5 nitrogen and oxygen atoms in total. The van der Waals surface area contributed by atoms with Crippen molar-refractivity contribution in [1.82, 2.24) is 0 Å². The summed E-state index contributed by atoms with van der Waals surface area (Å²) in [5, 5.41) is 0. The zero-order valence-electron chi connectivity index (χ0n) is 11.8. The molecule has 1 aromatic carbocycles. The normalized spacial score (nSPS) is 21.2. The van der Waals surface area contributed by atoms with Gasteiger partial charge in [0.15, 0.2) is 17.3 Å². The fourth-order valence-electron chi connectivity index (χ4n) is 1.98. The number of rotatable bonds is 5. The van der Waals surface area contributed by atoms with Crippen LogP contribution in [-0.4, -0.2) is 39.3 Å². The van der Waals surface area contributed by atoms with Crippen LogP contribution in [0.15, 0.2) is 18.2 Å². The van der Waals surface area contributed by atoms with E-state index >= 15 is 0 Å². The summed E-state index contributed by atoms with van der Waals surface area (Å²) >= 11 is 0. The summed E-state index contributed by atoms with van der Waals surface area (Å²) in [6, 6.07) is 5.50. The van der Waals surface area contributed by atoms with Crippen LogP contribution in [0.2, 0.25) is 0 Å². The van der Waals surface area contributed by atoms with Crippen LogP contribution in [0, 0.1) is 0 Å². The first kappa shape index (κ1) is 14.0. The molecule has 1 aromatic rings. The Bertz CT molecular complexity index is 408. The van der Waals surface area contributed by atoms with Crippen molar-refractivity contribution in [3.63, 3.8) is 0 Å². The van der Waals surface area contributed by atoms with Crippen LogP contribution in [0.25, 0.3) is 0 Å². The monoisotopic (exact) mass is 268 g/mol. The third-order valence-corrected chi connectivity index (χ3v) is 2.86. The fourth-order valence-corrected chi connectivity index (χ4v) is 1.98. The Kier molecular flexibility index (Phi) is 4.17. The summed E-state index contributed by atoms with van der Waals surface area (Å²) in [5.41, 5.74) is 0. The molecular formula is C14H20O5. The molecule has 0 radical (unpaired) electrons. The number of methoxy groups -OCH3 is 2. The lowest BCUT2D eigenvalue weighted by molar-refractivity contribution is -0.141. The minimum absolute atomic E-state index is 0.0929. The second kappa shape index (κ2) is 5.67. The molecule has 0 spiro atoms. The molecule has 0 aliphatic carbocycles. The molecule has 1 atom stereocenters. The Labute approximate surface area is 113 Å². The molecule has 5 heteroatoms. The van der Waals surface area contributed by atoms with Crippen LogP contribution in [0.3, 0.4) is 0 Å². The molecule has 1 fully saturated rings. The van der Waals surface area contributed by atoms with Gasteiger partial charge in [-0.15, -0.1) is 0 Å². The van der Waals surface area contributed by atoms with Gasteiger partial charge < -0.3 is 23.7 Å². The second-order valence-electron chi connectivity index (χ2n) is 4.75. The molecular weight excluding hydrogens is 248 g/mol. The van der Waals surface area contributed by atoms with E-state index in [1.807, 2.05) is 32.0 Å². The average molecular weight is 268 g/mol. The molecule has 1 saturated heterocycles. The highest BCUT2D eigenvalue weighted by atomic mass is 16.7. The van der Waals surface area contributed by atoms with Gasteiger partial charge in [0, 0.05) is 0 Å². The molecule has 0 amide bonds. The number of ether oxygens (including phenoxy) is 5. The summed E-state index contributed by atoms with van der Waals surface area (Å²) < 4.78 is 27.5. The summed E-state index contributed by atoms with van der Waals surface area (Å²) in [4.78, 5) is 0. The van der Waals surface area contributed by atoms with E-state index in [1.54, 1.807) is 14.2 Å². The van der Waals surface area contributed by atoms with Crippen molar-refractivity contribution in [3.05, 3.63) is 18.2 Å². The number of para-hydroxylation sites is 1. The van der Waals surface area contributed by atoms with Gasteiger partial charge in [0.25, 0.3) is 0 Å². The summed E-state index contributed by atoms with van der Waals surface area (Å²) in [5.74, 6) is 1.31. The highest BCUT2D eigenvalue weighted by Gasteiger charge is 2.33. The van der Waals surface area contributed by atoms with Gasteiger partial charge in [0.05, 0.1) is 20.8 Å². The highest BCUT2D eigenvalue weighted by Crippen LogP contribution is 2.37. The van der Waals surface area contributed by atoms with Crippen LogP contribution >= 0.6 is 0 Å². The highest BCUT2D eigenvalue weighted by molar-refractivity contribution is 5.51. The maximum absolute atomic E-state index is 5.77. The van der Waals surface area contributed by atoms with Gasteiger partial charge in [-0.1, -0.05) is 6.07 Å². The zero-order chi connectivity index (χ0) is 13.9. The Morgan fingerprint density at radius 3 is 2.32 bits per heavy atom. The van der Waals surface area contributed by atoms with E-state index in [0.29, 0.717) is 30.5 Å². The van der Waals surface area contributed by atoms with E-state index in [0.717, 1.165) is 0 Å². The minimum Gasteiger partial charge on any atom is -0.493 e.